The molecule has 92 valence electrons. The van der Waals surface area contributed by atoms with Gasteiger partial charge in [0.1, 0.15) is 0 Å². The smallest absolute Gasteiger partial charge is 0.280 e. The molecule has 1 aromatic carbocycles. The van der Waals surface area contributed by atoms with Crippen molar-refractivity contribution in [3.63, 3.8) is 0 Å². The van der Waals surface area contributed by atoms with Crippen molar-refractivity contribution < 1.29 is 13.2 Å². The van der Waals surface area contributed by atoms with Crippen molar-refractivity contribution in [2.24, 2.45) is 16.5 Å². The minimum absolute atomic E-state index is 0.00586. The maximum Gasteiger partial charge on any atom is 0.280 e. The Hall–Kier alpha value is -1.60. The topological polar surface area (TPSA) is 116 Å². The molecule has 1 aromatic rings. The number of benzene rings is 1. The average Bonchev–Trinajstić information content (AvgIpc) is 2.14. The maximum absolute atomic E-state index is 11.5. The van der Waals surface area contributed by atoms with Crippen LogP contribution in [0.2, 0.25) is 5.02 Å². The molecular formula is C9H10ClN3O3S. The zero-order valence-corrected chi connectivity index (χ0v) is 10.4. The molecule has 0 heterocycles. The molecule has 0 unspecified atom stereocenters. The van der Waals surface area contributed by atoms with E-state index in [0.717, 1.165) is 12.3 Å². The average molecular weight is 276 g/mol. The molecule has 0 fully saturated rings. The van der Waals surface area contributed by atoms with E-state index in [1.807, 2.05) is 0 Å². The minimum atomic E-state index is -3.46. The van der Waals surface area contributed by atoms with Crippen LogP contribution in [0.4, 0.5) is 0 Å². The monoisotopic (exact) mass is 275 g/mol. The summed E-state index contributed by atoms with van der Waals surface area (Å²) in [7, 11) is -3.46. The number of rotatable bonds is 2. The van der Waals surface area contributed by atoms with Crippen LogP contribution < -0.4 is 11.5 Å². The van der Waals surface area contributed by atoms with Gasteiger partial charge in [0.2, 0.25) is 0 Å². The highest BCUT2D eigenvalue weighted by molar-refractivity contribution is 7.90. The largest absolute Gasteiger partial charge is 0.370 e. The van der Waals surface area contributed by atoms with E-state index in [-0.39, 0.29) is 15.5 Å². The lowest BCUT2D eigenvalue weighted by molar-refractivity contribution is 0.100. The van der Waals surface area contributed by atoms with Gasteiger partial charge in [-0.25, -0.2) is 8.42 Å². The van der Waals surface area contributed by atoms with E-state index in [4.69, 9.17) is 23.1 Å². The molecule has 6 nitrogen and oxygen atoms in total. The number of amides is 1. The van der Waals surface area contributed by atoms with Crippen molar-refractivity contribution in [1.29, 1.82) is 0 Å². The van der Waals surface area contributed by atoms with Crippen molar-refractivity contribution >= 4 is 33.3 Å². The maximum atomic E-state index is 11.5. The number of sulfone groups is 1. The number of aliphatic imine (C=N–C) groups is 1. The summed E-state index contributed by atoms with van der Waals surface area (Å²) in [4.78, 5) is 14.7. The van der Waals surface area contributed by atoms with Gasteiger partial charge in [0, 0.05) is 16.8 Å². The lowest BCUT2D eigenvalue weighted by Crippen LogP contribution is -2.24. The Morgan fingerprint density at radius 2 is 1.88 bits per heavy atom. The molecule has 0 saturated carbocycles. The highest BCUT2D eigenvalue weighted by Crippen LogP contribution is 2.19. The Morgan fingerprint density at radius 3 is 2.35 bits per heavy atom. The molecule has 0 aliphatic carbocycles. The summed E-state index contributed by atoms with van der Waals surface area (Å²) in [5, 5.41) is 0.113. The molecular weight excluding hydrogens is 266 g/mol. The second kappa shape index (κ2) is 4.72. The molecule has 0 spiro atoms. The van der Waals surface area contributed by atoms with Crippen molar-refractivity contribution in [3.05, 3.63) is 28.8 Å². The minimum Gasteiger partial charge on any atom is -0.370 e. The van der Waals surface area contributed by atoms with Gasteiger partial charge in [-0.3, -0.25) is 4.79 Å². The fourth-order valence-corrected chi connectivity index (χ4v) is 2.06. The summed E-state index contributed by atoms with van der Waals surface area (Å²) < 4.78 is 22.7. The first kappa shape index (κ1) is 13.5. The molecule has 8 heteroatoms. The lowest BCUT2D eigenvalue weighted by atomic mass is 10.2. The predicted octanol–water partition coefficient (Wildman–Crippen LogP) is 0.157. The number of guanidine groups is 1. The molecule has 1 rings (SSSR count). The lowest BCUT2D eigenvalue weighted by Gasteiger charge is -2.02. The van der Waals surface area contributed by atoms with Crippen LogP contribution in [0.1, 0.15) is 10.4 Å². The Kier molecular flexibility index (Phi) is 3.74. The molecule has 0 radical (unpaired) electrons. The highest BCUT2D eigenvalue weighted by Gasteiger charge is 2.13. The van der Waals surface area contributed by atoms with Gasteiger partial charge in [0.25, 0.3) is 5.91 Å². The number of hydrogen-bond donors (Lipinski definition) is 2. The third-order valence-electron chi connectivity index (χ3n) is 1.78. The number of nitrogens with two attached hydrogens (primary N) is 2. The van der Waals surface area contributed by atoms with Gasteiger partial charge in [-0.15, -0.1) is 0 Å². The fraction of sp³-hybridized carbons (Fsp3) is 0.111. The van der Waals surface area contributed by atoms with E-state index in [1.54, 1.807) is 0 Å². The van der Waals surface area contributed by atoms with E-state index in [1.165, 1.54) is 12.1 Å². The van der Waals surface area contributed by atoms with Gasteiger partial charge in [0.15, 0.2) is 15.8 Å². The van der Waals surface area contributed by atoms with Crippen LogP contribution in [-0.4, -0.2) is 26.5 Å². The van der Waals surface area contributed by atoms with Gasteiger partial charge < -0.3 is 11.5 Å². The van der Waals surface area contributed by atoms with Crippen molar-refractivity contribution in [2.45, 2.75) is 4.90 Å². The van der Waals surface area contributed by atoms with Crippen LogP contribution in [0.5, 0.6) is 0 Å². The van der Waals surface area contributed by atoms with Crippen LogP contribution in [0.15, 0.2) is 28.1 Å². The third-order valence-corrected chi connectivity index (χ3v) is 3.09. The Balaban J connectivity index is 3.33. The van der Waals surface area contributed by atoms with E-state index in [9.17, 15) is 13.2 Å². The molecule has 0 aliphatic heterocycles. The number of nitrogens with zero attached hydrogens (tertiary/aromatic N) is 1. The summed E-state index contributed by atoms with van der Waals surface area (Å²) in [6.07, 6.45) is 1.01. The first-order valence-corrected chi connectivity index (χ1v) is 6.61. The van der Waals surface area contributed by atoms with Gasteiger partial charge >= 0.3 is 0 Å². The Bertz CT molecular complexity index is 592. The van der Waals surface area contributed by atoms with Gasteiger partial charge in [-0.1, -0.05) is 11.6 Å². The third kappa shape index (κ3) is 3.72. The zero-order chi connectivity index (χ0) is 13.2. The van der Waals surface area contributed by atoms with Gasteiger partial charge in [0.05, 0.1) is 4.90 Å². The van der Waals surface area contributed by atoms with Crippen LogP contribution in [0, 0.1) is 0 Å². The fourth-order valence-electron chi connectivity index (χ4n) is 1.08. The molecule has 4 N–H and O–H groups in total. The van der Waals surface area contributed by atoms with Crippen LogP contribution in [0.25, 0.3) is 0 Å². The summed E-state index contributed by atoms with van der Waals surface area (Å²) in [5.41, 5.74) is 10.1. The van der Waals surface area contributed by atoms with Gasteiger partial charge in [-0.2, -0.15) is 4.99 Å². The van der Waals surface area contributed by atoms with E-state index >= 15 is 0 Å². The normalized spacial score (nSPS) is 10.9. The van der Waals surface area contributed by atoms with Crippen LogP contribution in [0.3, 0.4) is 0 Å². The summed E-state index contributed by atoms with van der Waals surface area (Å²) in [6, 6.07) is 3.68. The number of carbonyl (C=O) groups is 1. The number of halogens is 1. The summed E-state index contributed by atoms with van der Waals surface area (Å²) in [6.45, 7) is 0. The quantitative estimate of drug-likeness (QED) is 0.589. The van der Waals surface area contributed by atoms with E-state index in [0.29, 0.717) is 0 Å². The standard InChI is InChI=1S/C9H10ClN3O3S/c1-17(15,16)7-3-5(2-6(10)4-7)8(14)13-9(11)12/h2-4H,1H3,(H4,11,12,13,14). The molecule has 17 heavy (non-hydrogen) atoms. The number of carbonyl (C=O) groups excluding carboxylic acids is 1. The summed E-state index contributed by atoms with van der Waals surface area (Å²) in [5.74, 6) is -1.16. The Labute approximate surface area is 103 Å². The zero-order valence-electron chi connectivity index (χ0n) is 8.84. The van der Waals surface area contributed by atoms with Crippen molar-refractivity contribution in [1.82, 2.24) is 0 Å². The SMILES string of the molecule is CS(=O)(=O)c1cc(Cl)cc(C(=O)N=C(N)N)c1. The number of hydrogen-bond acceptors (Lipinski definition) is 3. The second-order valence-electron chi connectivity index (χ2n) is 3.29. The second-order valence-corrected chi connectivity index (χ2v) is 5.74. The summed E-state index contributed by atoms with van der Waals surface area (Å²) >= 11 is 5.71. The highest BCUT2D eigenvalue weighted by atomic mass is 35.5. The van der Waals surface area contributed by atoms with E-state index < -0.39 is 21.7 Å². The van der Waals surface area contributed by atoms with Gasteiger partial charge in [-0.05, 0) is 18.2 Å². The van der Waals surface area contributed by atoms with Crippen LogP contribution in [-0.2, 0) is 9.84 Å². The Morgan fingerprint density at radius 1 is 1.29 bits per heavy atom. The molecule has 0 aliphatic rings. The van der Waals surface area contributed by atoms with Crippen LogP contribution >= 0.6 is 11.6 Å². The van der Waals surface area contributed by atoms with Crippen molar-refractivity contribution in [2.75, 3.05) is 6.26 Å². The predicted molar refractivity (Wildman–Crippen MR) is 64.7 cm³/mol. The molecule has 0 bridgehead atoms. The molecule has 0 aromatic heterocycles. The molecule has 0 saturated heterocycles. The van der Waals surface area contributed by atoms with E-state index in [2.05, 4.69) is 4.99 Å². The molecule has 1 amide bonds. The first-order valence-electron chi connectivity index (χ1n) is 4.35. The molecule has 0 atom stereocenters. The first-order chi connectivity index (χ1) is 7.70. The van der Waals surface area contributed by atoms with Crippen molar-refractivity contribution in [3.8, 4) is 0 Å².